The summed E-state index contributed by atoms with van der Waals surface area (Å²) in [6.45, 7) is 2.11. The lowest BCUT2D eigenvalue weighted by Crippen LogP contribution is -2.24. The van der Waals surface area contributed by atoms with Gasteiger partial charge in [-0.2, -0.15) is 14.4 Å². The molecule has 0 radical (unpaired) electrons. The first-order valence-electron chi connectivity index (χ1n) is 14.8. The number of nitrogens with zero attached hydrogens (tertiary/aromatic N) is 2. The first-order chi connectivity index (χ1) is 23.2. The summed E-state index contributed by atoms with van der Waals surface area (Å²) in [5.41, 5.74) is -2.33. The molecule has 16 heteroatoms. The number of benzene rings is 2. The Kier molecular flexibility index (Phi) is 11.2. The molecule has 0 saturated carbocycles. The van der Waals surface area contributed by atoms with E-state index >= 15 is 0 Å². The van der Waals surface area contributed by atoms with Crippen LogP contribution in [0.15, 0.2) is 64.4 Å². The monoisotopic (exact) mass is 684 g/mol. The Labute approximate surface area is 275 Å². The Morgan fingerprint density at radius 3 is 1.69 bits per heavy atom. The standard InChI is InChI=1S/C16H15ClN2O5.C16H15FN2O5/c2*1-22-6-2-3-7-23-11-5-4-9-8-10-14(20)18-16(21)19-15(10)24-13(9)12(11)17/h2*4-5,8H,2-3,6-7H2,1H3,(H,18,20,21). The highest BCUT2D eigenvalue weighted by atomic mass is 35.5. The van der Waals surface area contributed by atoms with Crippen molar-refractivity contribution >= 4 is 33.5 Å². The zero-order valence-electron chi connectivity index (χ0n) is 25.9. The van der Waals surface area contributed by atoms with Gasteiger partial charge < -0.3 is 27.8 Å². The van der Waals surface area contributed by atoms with Gasteiger partial charge in [0, 0.05) is 38.2 Å². The lowest BCUT2D eigenvalue weighted by Gasteiger charge is -2.11. The highest BCUT2D eigenvalue weighted by molar-refractivity contribution is 6.36. The van der Waals surface area contributed by atoms with Crippen LogP contribution in [0.3, 0.4) is 0 Å². The van der Waals surface area contributed by atoms with E-state index in [2.05, 4.69) is 15.0 Å². The lowest BCUT2D eigenvalue weighted by molar-refractivity contribution is 0.183. The van der Waals surface area contributed by atoms with E-state index in [1.54, 1.807) is 38.5 Å². The Morgan fingerprint density at radius 1 is 0.688 bits per heavy atom. The van der Waals surface area contributed by atoms with Crippen molar-refractivity contribution in [1.29, 1.82) is 0 Å². The molecule has 0 aliphatic carbocycles. The molecule has 0 aromatic heterocycles. The number of ether oxygens (including phenoxy) is 4. The minimum atomic E-state index is -0.846. The molecular weight excluding hydrogens is 655 g/mol. The van der Waals surface area contributed by atoms with Crippen molar-refractivity contribution in [3.05, 3.63) is 88.9 Å². The Hall–Kier alpha value is -5.12. The van der Waals surface area contributed by atoms with Crippen LogP contribution in [0.4, 0.5) is 4.39 Å². The predicted octanol–water partition coefficient (Wildman–Crippen LogP) is 4.37. The highest BCUT2D eigenvalue weighted by Gasteiger charge is 2.19. The van der Waals surface area contributed by atoms with Gasteiger partial charge in [0.1, 0.15) is 21.9 Å². The maximum Gasteiger partial charge on any atom is 0.351 e. The summed E-state index contributed by atoms with van der Waals surface area (Å²) in [5, 5.41) is 1.26. The molecule has 0 spiro atoms. The molecule has 14 nitrogen and oxygen atoms in total. The number of hydrogen-bond donors (Lipinski definition) is 2. The molecule has 252 valence electrons. The minimum absolute atomic E-state index is 0.0372. The van der Waals surface area contributed by atoms with Gasteiger partial charge >= 0.3 is 11.4 Å². The van der Waals surface area contributed by atoms with Crippen LogP contribution in [0.5, 0.6) is 11.5 Å². The molecule has 0 fully saturated rings. The van der Waals surface area contributed by atoms with Gasteiger partial charge in [-0.25, -0.2) is 9.59 Å². The third-order valence-corrected chi connectivity index (χ3v) is 7.34. The van der Waals surface area contributed by atoms with Crippen molar-refractivity contribution in [3.8, 4) is 34.4 Å². The predicted molar refractivity (Wildman–Crippen MR) is 173 cm³/mol. The smallest absolute Gasteiger partial charge is 0.351 e. The van der Waals surface area contributed by atoms with Crippen LogP contribution >= 0.6 is 11.6 Å². The molecule has 0 bridgehead atoms. The second-order valence-corrected chi connectivity index (χ2v) is 10.7. The summed E-state index contributed by atoms with van der Waals surface area (Å²) in [6, 6.07) is 9.50. The van der Waals surface area contributed by atoms with Crippen molar-refractivity contribution in [2.75, 3.05) is 40.6 Å². The number of rotatable bonds is 12. The van der Waals surface area contributed by atoms with Crippen molar-refractivity contribution in [3.63, 3.8) is 0 Å². The maximum absolute atomic E-state index is 14.5. The fourth-order valence-corrected chi connectivity index (χ4v) is 4.89. The van der Waals surface area contributed by atoms with E-state index in [9.17, 15) is 23.6 Å². The van der Waals surface area contributed by atoms with Gasteiger partial charge in [-0.05, 0) is 62.1 Å². The molecule has 2 N–H and O–H groups in total. The number of methoxy groups -OCH3 is 2. The van der Waals surface area contributed by atoms with Crippen LogP contribution < -0.4 is 32.0 Å². The molecule has 48 heavy (non-hydrogen) atoms. The average Bonchev–Trinajstić information content (AvgIpc) is 3.06. The maximum atomic E-state index is 14.5. The second-order valence-electron chi connectivity index (χ2n) is 10.4. The van der Waals surface area contributed by atoms with E-state index in [1.807, 2.05) is 4.98 Å². The third kappa shape index (κ3) is 7.87. The van der Waals surface area contributed by atoms with Crippen LogP contribution in [0.2, 0.25) is 5.02 Å². The van der Waals surface area contributed by atoms with E-state index < -0.39 is 28.3 Å². The normalized spacial score (nSPS) is 11.2. The Morgan fingerprint density at radius 2 is 1.15 bits per heavy atom. The number of fused-ring (bicyclic) bond motifs is 4. The highest BCUT2D eigenvalue weighted by Crippen LogP contribution is 2.35. The number of nitrogens with one attached hydrogen (secondary N) is 2. The average molecular weight is 685 g/mol. The Bertz CT molecular complexity index is 2060. The Balaban J connectivity index is 0.000000188. The zero-order valence-corrected chi connectivity index (χ0v) is 26.6. The fraction of sp³-hybridized carbons (Fsp3) is 0.312. The quantitative estimate of drug-likeness (QED) is 0.137. The van der Waals surface area contributed by atoms with E-state index in [-0.39, 0.29) is 39.3 Å². The molecule has 0 amide bonds. The summed E-state index contributed by atoms with van der Waals surface area (Å²) in [4.78, 5) is 57.5. The van der Waals surface area contributed by atoms with Gasteiger partial charge in [0.05, 0.1) is 13.2 Å². The summed E-state index contributed by atoms with van der Waals surface area (Å²) in [5.74, 6) is -0.467. The molecule has 4 heterocycles. The molecule has 2 aromatic carbocycles. The van der Waals surface area contributed by atoms with E-state index in [0.717, 1.165) is 25.7 Å². The van der Waals surface area contributed by atoms with Crippen LogP contribution in [0.25, 0.3) is 44.8 Å². The summed E-state index contributed by atoms with van der Waals surface area (Å²) in [7, 11) is 3.27. The molecule has 0 atom stereocenters. The molecule has 4 aliphatic heterocycles. The van der Waals surface area contributed by atoms with Crippen molar-refractivity contribution in [2.24, 2.45) is 0 Å². The van der Waals surface area contributed by atoms with E-state index in [0.29, 0.717) is 48.5 Å². The van der Waals surface area contributed by atoms with Crippen molar-refractivity contribution in [1.82, 2.24) is 19.9 Å². The van der Waals surface area contributed by atoms with Crippen LogP contribution in [0, 0.1) is 5.82 Å². The van der Waals surface area contributed by atoms with E-state index in [4.69, 9.17) is 39.4 Å². The largest absolute Gasteiger partial charge is 0.492 e. The number of H-pyrrole nitrogens is 2. The molecule has 2 aromatic rings. The van der Waals surface area contributed by atoms with Gasteiger partial charge in [-0.15, -0.1) is 0 Å². The number of unbranched alkanes of at least 4 members (excludes halogenated alkanes) is 2. The fourth-order valence-electron chi connectivity index (χ4n) is 4.62. The van der Waals surface area contributed by atoms with Gasteiger partial charge in [0.15, 0.2) is 16.9 Å². The molecule has 0 unspecified atom stereocenters. The molecule has 0 saturated heterocycles. The topological polar surface area (TPSA) is 189 Å². The van der Waals surface area contributed by atoms with Gasteiger partial charge in [-0.3, -0.25) is 19.6 Å². The summed E-state index contributed by atoms with van der Waals surface area (Å²) >= 11 is 6.33. The molecule has 6 rings (SSSR count). The van der Waals surface area contributed by atoms with E-state index in [1.165, 1.54) is 12.1 Å². The van der Waals surface area contributed by atoms with Gasteiger partial charge in [-0.1, -0.05) is 11.6 Å². The summed E-state index contributed by atoms with van der Waals surface area (Å²) < 4.78 is 46.4. The molecular formula is C32H30ClFN4O10. The van der Waals surface area contributed by atoms with Crippen LogP contribution in [-0.2, 0) is 9.47 Å². The van der Waals surface area contributed by atoms with Crippen LogP contribution in [0.1, 0.15) is 25.7 Å². The summed E-state index contributed by atoms with van der Waals surface area (Å²) in [6.07, 6.45) is 3.24. The lowest BCUT2D eigenvalue weighted by atomic mass is 10.1. The molecule has 4 aliphatic rings. The number of halogens is 2. The first-order valence-corrected chi connectivity index (χ1v) is 15.1. The second kappa shape index (κ2) is 15.6. The minimum Gasteiger partial charge on any atom is -0.492 e. The van der Waals surface area contributed by atoms with Crippen LogP contribution in [-0.4, -0.2) is 60.6 Å². The SMILES string of the molecule is COCCCCOc1ccc2cc3c(=O)[nH]c(=O)nc-3oc2c1Cl.COCCCCOc1ccc2cc3c(=O)[nH]c(=O)nc-3oc2c1F. The van der Waals surface area contributed by atoms with Gasteiger partial charge in [0.2, 0.25) is 17.6 Å². The number of aromatic amines is 2. The number of hydrogen-bond acceptors (Lipinski definition) is 12. The van der Waals surface area contributed by atoms with Crippen molar-refractivity contribution in [2.45, 2.75) is 25.7 Å². The van der Waals surface area contributed by atoms with Gasteiger partial charge in [0.25, 0.3) is 11.1 Å². The third-order valence-electron chi connectivity index (χ3n) is 6.98. The zero-order chi connectivity index (χ0) is 34.2. The first kappa shape index (κ1) is 34.2. The van der Waals surface area contributed by atoms with Crippen molar-refractivity contribution < 1.29 is 32.2 Å². The number of aromatic nitrogens is 4.